The van der Waals surface area contributed by atoms with Crippen LogP contribution in [-0.4, -0.2) is 31.9 Å². The minimum Gasteiger partial charge on any atom is -0.495 e. The van der Waals surface area contributed by atoms with Crippen molar-refractivity contribution in [2.45, 2.75) is 13.8 Å². The highest BCUT2D eigenvalue weighted by atomic mass is 79.9. The molecule has 16 heavy (non-hydrogen) atoms. The number of nitrogens with zero attached hydrogens (tertiary/aromatic N) is 2. The first-order valence-electron chi connectivity index (χ1n) is 5.17. The van der Waals surface area contributed by atoms with Crippen molar-refractivity contribution in [3.8, 4) is 5.75 Å². The van der Waals surface area contributed by atoms with Crippen LogP contribution in [-0.2, 0) is 0 Å². The van der Waals surface area contributed by atoms with Gasteiger partial charge in [0.1, 0.15) is 5.75 Å². The smallest absolute Gasteiger partial charge is 0.135 e. The number of ether oxygens (including phenoxy) is 1. The molecule has 0 aromatic heterocycles. The van der Waals surface area contributed by atoms with Gasteiger partial charge in [0, 0.05) is 19.7 Å². The Morgan fingerprint density at radius 3 is 2.75 bits per heavy atom. The van der Waals surface area contributed by atoms with Gasteiger partial charge in [-0.1, -0.05) is 0 Å². The van der Waals surface area contributed by atoms with Gasteiger partial charge in [-0.3, -0.25) is 0 Å². The van der Waals surface area contributed by atoms with E-state index in [2.05, 4.69) is 27.8 Å². The summed E-state index contributed by atoms with van der Waals surface area (Å²) in [7, 11) is 3.65. The lowest BCUT2D eigenvalue weighted by Crippen LogP contribution is -2.14. The van der Waals surface area contributed by atoms with Gasteiger partial charge in [-0.05, 0) is 41.4 Å². The second-order valence-corrected chi connectivity index (χ2v) is 4.45. The molecule has 0 spiro atoms. The van der Waals surface area contributed by atoms with Crippen molar-refractivity contribution in [1.82, 2.24) is 4.90 Å². The van der Waals surface area contributed by atoms with Crippen LogP contribution in [0.2, 0.25) is 0 Å². The van der Waals surface area contributed by atoms with Crippen LogP contribution in [0.5, 0.6) is 5.75 Å². The van der Waals surface area contributed by atoms with E-state index in [1.807, 2.05) is 37.3 Å². The summed E-state index contributed by atoms with van der Waals surface area (Å²) in [6.07, 6.45) is 1.83. The lowest BCUT2D eigenvalue weighted by Gasteiger charge is -2.10. The maximum absolute atomic E-state index is 5.24. The molecular formula is C12H17BrN2O. The van der Waals surface area contributed by atoms with Crippen molar-refractivity contribution in [3.05, 3.63) is 22.2 Å². The molecule has 0 heterocycles. The molecule has 0 aliphatic heterocycles. The lowest BCUT2D eigenvalue weighted by atomic mass is 10.2. The maximum atomic E-state index is 5.24. The van der Waals surface area contributed by atoms with E-state index in [0.29, 0.717) is 0 Å². The normalized spacial score (nSPS) is 10.8. The fraction of sp³-hybridized carbons (Fsp3) is 0.417. The Balaban J connectivity index is 3.00. The average Bonchev–Trinajstić information content (AvgIpc) is 2.27. The number of benzene rings is 1. The summed E-state index contributed by atoms with van der Waals surface area (Å²) in [6, 6.07) is 3.94. The molecule has 4 heteroatoms. The fourth-order valence-electron chi connectivity index (χ4n) is 1.18. The van der Waals surface area contributed by atoms with Crippen LogP contribution < -0.4 is 4.74 Å². The maximum Gasteiger partial charge on any atom is 0.135 e. The number of hydrogen-bond acceptors (Lipinski definition) is 2. The molecule has 3 nitrogen and oxygen atoms in total. The van der Waals surface area contributed by atoms with E-state index in [9.17, 15) is 0 Å². The summed E-state index contributed by atoms with van der Waals surface area (Å²) in [5, 5.41) is 0. The van der Waals surface area contributed by atoms with Gasteiger partial charge in [-0.2, -0.15) is 0 Å². The van der Waals surface area contributed by atoms with E-state index in [4.69, 9.17) is 4.74 Å². The molecule has 0 bridgehead atoms. The van der Waals surface area contributed by atoms with Crippen LogP contribution in [0.3, 0.4) is 0 Å². The zero-order chi connectivity index (χ0) is 12.1. The molecule has 0 unspecified atom stereocenters. The molecule has 0 fully saturated rings. The van der Waals surface area contributed by atoms with E-state index in [0.717, 1.165) is 28.0 Å². The van der Waals surface area contributed by atoms with Gasteiger partial charge < -0.3 is 9.64 Å². The Morgan fingerprint density at radius 1 is 1.50 bits per heavy atom. The molecule has 0 aliphatic rings. The molecule has 0 saturated heterocycles. The average molecular weight is 285 g/mol. The molecule has 1 aromatic rings. The van der Waals surface area contributed by atoms with Gasteiger partial charge in [0.15, 0.2) is 0 Å². The Hall–Kier alpha value is -1.03. The first-order chi connectivity index (χ1) is 7.58. The number of halogens is 1. The minimum absolute atomic E-state index is 0.803. The van der Waals surface area contributed by atoms with Crippen LogP contribution >= 0.6 is 15.9 Å². The van der Waals surface area contributed by atoms with Crippen molar-refractivity contribution in [1.29, 1.82) is 0 Å². The molecule has 0 aliphatic carbocycles. The standard InChI is InChI=1S/C12H17BrN2O/c1-5-15(3)8-14-11-7-12(16-4)10(13)6-9(11)2/h6-8H,5H2,1-4H3. The van der Waals surface area contributed by atoms with Crippen LogP contribution in [0.25, 0.3) is 0 Å². The molecule has 0 N–H and O–H groups in total. The zero-order valence-corrected chi connectivity index (χ0v) is 11.7. The minimum atomic E-state index is 0.803. The Kier molecular flexibility index (Phi) is 4.80. The summed E-state index contributed by atoms with van der Waals surface area (Å²) >= 11 is 3.45. The third-order valence-electron chi connectivity index (χ3n) is 2.36. The van der Waals surface area contributed by atoms with Gasteiger partial charge in [-0.25, -0.2) is 4.99 Å². The molecule has 88 valence electrons. The predicted molar refractivity (Wildman–Crippen MR) is 71.9 cm³/mol. The second-order valence-electron chi connectivity index (χ2n) is 3.59. The highest BCUT2D eigenvalue weighted by Crippen LogP contribution is 2.32. The Labute approximate surface area is 105 Å². The first kappa shape index (κ1) is 13.0. The van der Waals surface area contributed by atoms with Crippen molar-refractivity contribution in [3.63, 3.8) is 0 Å². The number of aryl methyl sites for hydroxylation is 1. The number of aliphatic imine (C=N–C) groups is 1. The van der Waals surface area contributed by atoms with E-state index >= 15 is 0 Å². The molecule has 0 saturated carbocycles. The van der Waals surface area contributed by atoms with Gasteiger partial charge in [0.05, 0.1) is 23.6 Å². The van der Waals surface area contributed by atoms with Gasteiger partial charge >= 0.3 is 0 Å². The van der Waals surface area contributed by atoms with Crippen LogP contribution in [0, 0.1) is 6.92 Å². The summed E-state index contributed by atoms with van der Waals surface area (Å²) in [5.41, 5.74) is 2.05. The third-order valence-corrected chi connectivity index (χ3v) is 2.98. The third kappa shape index (κ3) is 3.23. The molecule has 0 atom stereocenters. The molecule has 1 rings (SSSR count). The number of methoxy groups -OCH3 is 1. The van der Waals surface area contributed by atoms with Crippen LogP contribution in [0.1, 0.15) is 12.5 Å². The molecule has 0 amide bonds. The first-order valence-corrected chi connectivity index (χ1v) is 5.96. The number of rotatable bonds is 4. The predicted octanol–water partition coefficient (Wildman–Crippen LogP) is 3.38. The van der Waals surface area contributed by atoms with Crippen LogP contribution in [0.4, 0.5) is 5.69 Å². The van der Waals surface area contributed by atoms with E-state index in [1.165, 1.54) is 0 Å². The second kappa shape index (κ2) is 5.89. The van der Waals surface area contributed by atoms with Crippen molar-refractivity contribution < 1.29 is 4.74 Å². The highest BCUT2D eigenvalue weighted by molar-refractivity contribution is 9.10. The van der Waals surface area contributed by atoms with Gasteiger partial charge in [0.2, 0.25) is 0 Å². The van der Waals surface area contributed by atoms with E-state index in [-0.39, 0.29) is 0 Å². The van der Waals surface area contributed by atoms with Crippen molar-refractivity contribution >= 4 is 28.0 Å². The zero-order valence-electron chi connectivity index (χ0n) is 10.1. The highest BCUT2D eigenvalue weighted by Gasteiger charge is 2.04. The Bertz CT molecular complexity index is 391. The number of hydrogen-bond donors (Lipinski definition) is 0. The fourth-order valence-corrected chi connectivity index (χ4v) is 1.80. The largest absolute Gasteiger partial charge is 0.495 e. The molecular weight excluding hydrogens is 268 g/mol. The van der Waals surface area contributed by atoms with Gasteiger partial charge in [-0.15, -0.1) is 0 Å². The monoisotopic (exact) mass is 284 g/mol. The summed E-state index contributed by atoms with van der Waals surface area (Å²) in [6.45, 7) is 5.06. The summed E-state index contributed by atoms with van der Waals surface area (Å²) in [4.78, 5) is 6.45. The summed E-state index contributed by atoms with van der Waals surface area (Å²) < 4.78 is 6.19. The molecule has 1 aromatic carbocycles. The quantitative estimate of drug-likeness (QED) is 0.626. The van der Waals surface area contributed by atoms with E-state index in [1.54, 1.807) is 7.11 Å². The lowest BCUT2D eigenvalue weighted by molar-refractivity contribution is 0.412. The van der Waals surface area contributed by atoms with Gasteiger partial charge in [0.25, 0.3) is 0 Å². The topological polar surface area (TPSA) is 24.8 Å². The van der Waals surface area contributed by atoms with Crippen LogP contribution in [0.15, 0.2) is 21.6 Å². The SMILES string of the molecule is CCN(C)C=Nc1cc(OC)c(Br)cc1C. The Morgan fingerprint density at radius 2 is 2.19 bits per heavy atom. The molecule has 0 radical (unpaired) electrons. The van der Waals surface area contributed by atoms with Crippen molar-refractivity contribution in [2.24, 2.45) is 4.99 Å². The summed E-state index contributed by atoms with van der Waals surface area (Å²) in [5.74, 6) is 0.803. The van der Waals surface area contributed by atoms with E-state index < -0.39 is 0 Å². The van der Waals surface area contributed by atoms with Crippen molar-refractivity contribution in [2.75, 3.05) is 20.7 Å².